The highest BCUT2D eigenvalue weighted by molar-refractivity contribution is 5.73. The van der Waals surface area contributed by atoms with Crippen LogP contribution in [0.15, 0.2) is 53.3 Å². The topological polar surface area (TPSA) is 51.0 Å². The molecule has 0 radical (unpaired) electrons. The summed E-state index contributed by atoms with van der Waals surface area (Å²) in [5, 5.41) is 3.46. The molecule has 20 heavy (non-hydrogen) atoms. The Hall–Kier alpha value is -2.20. The zero-order valence-corrected chi connectivity index (χ0v) is 11.4. The number of aromatic nitrogens is 2. The van der Waals surface area contributed by atoms with Crippen molar-refractivity contribution in [2.24, 2.45) is 0 Å². The van der Waals surface area contributed by atoms with Gasteiger partial charge >= 0.3 is 0 Å². The molecular formula is C16H17N3O. The molecule has 3 aromatic rings. The summed E-state index contributed by atoms with van der Waals surface area (Å²) in [6.45, 7) is 3.04. The number of nitrogens with zero attached hydrogens (tertiary/aromatic N) is 2. The molecule has 0 aliphatic heterocycles. The van der Waals surface area contributed by atoms with Crippen molar-refractivity contribution in [2.75, 3.05) is 6.54 Å². The van der Waals surface area contributed by atoms with Gasteiger partial charge in [-0.05, 0) is 37.2 Å². The summed E-state index contributed by atoms with van der Waals surface area (Å²) >= 11 is 0. The zero-order valence-electron chi connectivity index (χ0n) is 11.4. The Bertz CT molecular complexity index is 679. The number of hydrogen-bond acceptors (Lipinski definition) is 4. The Kier molecular flexibility index (Phi) is 3.74. The monoisotopic (exact) mass is 267 g/mol. The van der Waals surface area contributed by atoms with Gasteiger partial charge in [0.15, 0.2) is 0 Å². The third-order valence-corrected chi connectivity index (χ3v) is 3.19. The van der Waals surface area contributed by atoms with Crippen LogP contribution in [0.3, 0.4) is 0 Å². The van der Waals surface area contributed by atoms with Gasteiger partial charge in [0.1, 0.15) is 11.8 Å². The smallest absolute Gasteiger partial charge is 0.126 e. The van der Waals surface area contributed by atoms with E-state index in [4.69, 9.17) is 9.40 Å². The molecule has 3 rings (SSSR count). The first-order chi connectivity index (χ1) is 9.88. The molecule has 1 aromatic carbocycles. The molecular weight excluding hydrogens is 250 g/mol. The van der Waals surface area contributed by atoms with Crippen LogP contribution in [0.5, 0.6) is 0 Å². The summed E-state index contributed by atoms with van der Waals surface area (Å²) in [5.41, 5.74) is 2.69. The van der Waals surface area contributed by atoms with E-state index < -0.39 is 0 Å². The summed E-state index contributed by atoms with van der Waals surface area (Å²) in [5.74, 6) is 0.864. The van der Waals surface area contributed by atoms with Gasteiger partial charge in [-0.25, -0.2) is 4.98 Å². The van der Waals surface area contributed by atoms with Crippen LogP contribution in [0.2, 0.25) is 0 Å². The maximum absolute atomic E-state index is 5.53. The van der Waals surface area contributed by atoms with Gasteiger partial charge < -0.3 is 9.73 Å². The van der Waals surface area contributed by atoms with Crippen molar-refractivity contribution in [3.8, 4) is 0 Å². The molecule has 0 bridgehead atoms. The Balaban J connectivity index is 1.99. The normalized spacial score (nSPS) is 12.7. The molecule has 0 aliphatic carbocycles. The van der Waals surface area contributed by atoms with Crippen molar-refractivity contribution in [2.45, 2.75) is 19.4 Å². The lowest BCUT2D eigenvalue weighted by molar-refractivity contribution is 0.442. The van der Waals surface area contributed by atoms with Crippen LogP contribution >= 0.6 is 0 Å². The van der Waals surface area contributed by atoms with Crippen molar-refractivity contribution in [1.82, 2.24) is 15.3 Å². The Labute approximate surface area is 117 Å². The molecule has 0 saturated heterocycles. The zero-order chi connectivity index (χ0) is 13.8. The Morgan fingerprint density at radius 1 is 1.15 bits per heavy atom. The molecule has 2 heterocycles. The van der Waals surface area contributed by atoms with E-state index in [9.17, 15) is 0 Å². The van der Waals surface area contributed by atoms with E-state index in [0.29, 0.717) is 0 Å². The van der Waals surface area contributed by atoms with Crippen molar-refractivity contribution in [1.29, 1.82) is 0 Å². The molecule has 1 unspecified atom stereocenters. The number of rotatable bonds is 5. The number of para-hydroxylation sites is 2. The second-order valence-corrected chi connectivity index (χ2v) is 4.69. The average Bonchev–Trinajstić information content (AvgIpc) is 3.02. The first-order valence-corrected chi connectivity index (χ1v) is 6.87. The molecule has 0 amide bonds. The highest BCUT2D eigenvalue weighted by atomic mass is 16.3. The molecule has 4 heteroatoms. The largest absolute Gasteiger partial charge is 0.467 e. The molecule has 1 atom stereocenters. The van der Waals surface area contributed by atoms with Gasteiger partial charge in [-0.3, -0.25) is 4.98 Å². The van der Waals surface area contributed by atoms with Crippen molar-refractivity contribution in [3.05, 3.63) is 60.3 Å². The molecule has 0 saturated carbocycles. The molecule has 4 nitrogen and oxygen atoms in total. The molecule has 2 aromatic heterocycles. The van der Waals surface area contributed by atoms with E-state index in [1.54, 1.807) is 6.26 Å². The Morgan fingerprint density at radius 3 is 2.75 bits per heavy atom. The maximum atomic E-state index is 5.53. The first-order valence-electron chi connectivity index (χ1n) is 6.87. The van der Waals surface area contributed by atoms with Crippen LogP contribution in [0.1, 0.15) is 30.8 Å². The van der Waals surface area contributed by atoms with Crippen LogP contribution in [0.4, 0.5) is 0 Å². The minimum Gasteiger partial charge on any atom is -0.467 e. The standard InChI is InChI=1S/C16H17N3O/c1-2-9-17-16(15-8-5-10-20-15)14-11-18-12-6-3-4-7-13(12)19-14/h3-8,10-11,16-17H,2,9H2,1H3. The van der Waals surface area contributed by atoms with Gasteiger partial charge in [-0.1, -0.05) is 19.1 Å². The summed E-state index contributed by atoms with van der Waals surface area (Å²) in [6, 6.07) is 11.7. The summed E-state index contributed by atoms with van der Waals surface area (Å²) < 4.78 is 5.53. The highest BCUT2D eigenvalue weighted by Crippen LogP contribution is 2.22. The van der Waals surface area contributed by atoms with Gasteiger partial charge in [0.05, 0.1) is 29.2 Å². The summed E-state index contributed by atoms with van der Waals surface area (Å²) in [4.78, 5) is 9.18. The van der Waals surface area contributed by atoms with Gasteiger partial charge in [-0.2, -0.15) is 0 Å². The van der Waals surface area contributed by atoms with Crippen molar-refractivity contribution < 1.29 is 4.42 Å². The van der Waals surface area contributed by atoms with E-state index in [1.165, 1.54) is 0 Å². The maximum Gasteiger partial charge on any atom is 0.126 e. The number of benzene rings is 1. The van der Waals surface area contributed by atoms with Crippen LogP contribution in [-0.4, -0.2) is 16.5 Å². The second kappa shape index (κ2) is 5.84. The molecule has 102 valence electrons. The third-order valence-electron chi connectivity index (χ3n) is 3.19. The van der Waals surface area contributed by atoms with Gasteiger partial charge in [0, 0.05) is 0 Å². The predicted molar refractivity (Wildman–Crippen MR) is 78.4 cm³/mol. The SMILES string of the molecule is CCCNC(c1cnc2ccccc2n1)c1ccco1. The van der Waals surface area contributed by atoms with Crippen molar-refractivity contribution in [3.63, 3.8) is 0 Å². The van der Waals surface area contributed by atoms with E-state index in [1.807, 2.05) is 42.6 Å². The highest BCUT2D eigenvalue weighted by Gasteiger charge is 2.18. The lowest BCUT2D eigenvalue weighted by atomic mass is 10.1. The van der Waals surface area contributed by atoms with Crippen LogP contribution < -0.4 is 5.32 Å². The minimum atomic E-state index is -0.0537. The van der Waals surface area contributed by atoms with Gasteiger partial charge in [0.25, 0.3) is 0 Å². The summed E-state index contributed by atoms with van der Waals surface area (Å²) in [7, 11) is 0. The molecule has 0 aliphatic rings. The fraction of sp³-hybridized carbons (Fsp3) is 0.250. The van der Waals surface area contributed by atoms with Crippen LogP contribution in [0, 0.1) is 0 Å². The summed E-state index contributed by atoms with van der Waals surface area (Å²) in [6.07, 6.45) is 4.56. The quantitative estimate of drug-likeness (QED) is 0.770. The second-order valence-electron chi connectivity index (χ2n) is 4.69. The fourth-order valence-corrected chi connectivity index (χ4v) is 2.21. The number of hydrogen-bond donors (Lipinski definition) is 1. The van der Waals surface area contributed by atoms with E-state index >= 15 is 0 Å². The first kappa shape index (κ1) is 12.8. The number of fused-ring (bicyclic) bond motifs is 1. The Morgan fingerprint density at radius 2 is 2.00 bits per heavy atom. The van der Waals surface area contributed by atoms with Gasteiger partial charge in [0.2, 0.25) is 0 Å². The van der Waals surface area contributed by atoms with E-state index in [0.717, 1.165) is 35.5 Å². The van der Waals surface area contributed by atoms with Crippen LogP contribution in [0.25, 0.3) is 11.0 Å². The number of nitrogens with one attached hydrogen (secondary N) is 1. The lowest BCUT2D eigenvalue weighted by Crippen LogP contribution is -2.23. The number of furan rings is 1. The van der Waals surface area contributed by atoms with E-state index in [2.05, 4.69) is 17.2 Å². The van der Waals surface area contributed by atoms with Crippen LogP contribution in [-0.2, 0) is 0 Å². The third kappa shape index (κ3) is 2.56. The molecule has 0 fully saturated rings. The fourth-order valence-electron chi connectivity index (χ4n) is 2.21. The molecule has 0 spiro atoms. The van der Waals surface area contributed by atoms with E-state index in [-0.39, 0.29) is 6.04 Å². The van der Waals surface area contributed by atoms with Crippen molar-refractivity contribution >= 4 is 11.0 Å². The van der Waals surface area contributed by atoms with Gasteiger partial charge in [-0.15, -0.1) is 0 Å². The molecule has 1 N–H and O–H groups in total. The minimum absolute atomic E-state index is 0.0537. The lowest BCUT2D eigenvalue weighted by Gasteiger charge is -2.15. The predicted octanol–water partition coefficient (Wildman–Crippen LogP) is 3.31. The average molecular weight is 267 g/mol.